The second kappa shape index (κ2) is 6.67. The van der Waals surface area contributed by atoms with E-state index in [4.69, 9.17) is 4.98 Å². The predicted octanol–water partition coefficient (Wildman–Crippen LogP) is 3.29. The fourth-order valence-electron chi connectivity index (χ4n) is 2.85. The third-order valence-corrected chi connectivity index (χ3v) is 5.26. The summed E-state index contributed by atoms with van der Waals surface area (Å²) in [4.78, 5) is 7.32. The molecule has 1 aliphatic rings. The third-order valence-electron chi connectivity index (χ3n) is 4.12. The summed E-state index contributed by atoms with van der Waals surface area (Å²) in [7, 11) is 2.20. The van der Waals surface area contributed by atoms with Gasteiger partial charge in [-0.1, -0.05) is 31.2 Å². The maximum Gasteiger partial charge on any atom is 0.136 e. The van der Waals surface area contributed by atoms with E-state index in [0.717, 1.165) is 24.6 Å². The molecule has 112 valence electrons. The molecule has 2 aromatic rings. The van der Waals surface area contributed by atoms with Crippen LogP contribution in [0.4, 0.5) is 5.82 Å². The second-order valence-corrected chi connectivity index (χ2v) is 6.72. The van der Waals surface area contributed by atoms with Crippen LogP contribution in [0.1, 0.15) is 19.0 Å². The Kier molecular flexibility index (Phi) is 4.66. The van der Waals surface area contributed by atoms with Gasteiger partial charge in [-0.15, -0.1) is 0 Å². The first kappa shape index (κ1) is 14.7. The topological polar surface area (TPSA) is 28.2 Å². The van der Waals surface area contributed by atoms with E-state index in [9.17, 15) is 0 Å². The molecule has 3 rings (SSSR count). The Morgan fingerprint density at radius 2 is 2.24 bits per heavy atom. The Morgan fingerprint density at radius 1 is 1.38 bits per heavy atom. The van der Waals surface area contributed by atoms with Crippen LogP contribution in [-0.4, -0.2) is 36.1 Å². The fraction of sp³-hybridized carbons (Fsp3) is 0.471. The molecule has 0 bridgehead atoms. The molecule has 1 fully saturated rings. The van der Waals surface area contributed by atoms with Gasteiger partial charge in [0.2, 0.25) is 0 Å². The van der Waals surface area contributed by atoms with Crippen molar-refractivity contribution in [1.29, 1.82) is 0 Å². The minimum atomic E-state index is 0.611. The van der Waals surface area contributed by atoms with Gasteiger partial charge in [-0.05, 0) is 30.2 Å². The summed E-state index contributed by atoms with van der Waals surface area (Å²) in [6, 6.07) is 11.4. The highest BCUT2D eigenvalue weighted by Gasteiger charge is 2.22. The van der Waals surface area contributed by atoms with E-state index in [1.54, 1.807) is 0 Å². The van der Waals surface area contributed by atoms with Gasteiger partial charge in [0.15, 0.2) is 0 Å². The average Bonchev–Trinajstić information content (AvgIpc) is 3.05. The first-order valence-electron chi connectivity index (χ1n) is 7.69. The maximum absolute atomic E-state index is 4.94. The van der Waals surface area contributed by atoms with E-state index in [1.165, 1.54) is 28.7 Å². The predicted molar refractivity (Wildman–Crippen MR) is 93.3 cm³/mol. The van der Waals surface area contributed by atoms with Crippen LogP contribution in [0.3, 0.4) is 0 Å². The lowest BCUT2D eigenvalue weighted by molar-refractivity contribution is 0.682. The molecule has 0 amide bonds. The molecule has 1 aromatic carbocycles. The molecule has 2 heterocycles. The highest BCUT2D eigenvalue weighted by molar-refractivity contribution is 7.99. The van der Waals surface area contributed by atoms with Gasteiger partial charge in [0.1, 0.15) is 5.82 Å². The number of rotatable bonds is 5. The van der Waals surface area contributed by atoms with Crippen molar-refractivity contribution in [3.8, 4) is 0 Å². The first-order valence-corrected chi connectivity index (χ1v) is 8.85. The van der Waals surface area contributed by atoms with Gasteiger partial charge in [0, 0.05) is 30.8 Å². The molecule has 0 saturated carbocycles. The van der Waals surface area contributed by atoms with Gasteiger partial charge in [0.25, 0.3) is 0 Å². The molecule has 0 spiro atoms. The highest BCUT2D eigenvalue weighted by Crippen LogP contribution is 2.30. The average molecular weight is 301 g/mol. The van der Waals surface area contributed by atoms with Crippen LogP contribution in [0.2, 0.25) is 0 Å². The molecule has 1 N–H and O–H groups in total. The molecular formula is C17H23N3S. The van der Waals surface area contributed by atoms with Gasteiger partial charge in [-0.25, -0.2) is 4.98 Å². The van der Waals surface area contributed by atoms with Gasteiger partial charge in [0.05, 0.1) is 5.69 Å². The number of benzene rings is 1. The standard InChI is InChI=1S/C17H23N3S/c1-3-18-11-14-10-13-6-4-5-7-16(13)17(19-14)20(2)15-8-9-21-12-15/h4-7,10,15,18H,3,8-9,11-12H2,1-2H3. The number of fused-ring (bicyclic) bond motifs is 1. The fourth-order valence-corrected chi connectivity index (χ4v) is 4.12. The molecule has 21 heavy (non-hydrogen) atoms. The molecule has 1 aliphatic heterocycles. The summed E-state index contributed by atoms with van der Waals surface area (Å²) in [5.41, 5.74) is 1.13. The molecule has 1 aromatic heterocycles. The Morgan fingerprint density at radius 3 is 3.00 bits per heavy atom. The zero-order valence-electron chi connectivity index (χ0n) is 12.8. The summed E-state index contributed by atoms with van der Waals surface area (Å²) in [5.74, 6) is 3.61. The number of nitrogens with zero attached hydrogens (tertiary/aromatic N) is 2. The summed E-state index contributed by atoms with van der Waals surface area (Å²) >= 11 is 2.05. The minimum Gasteiger partial charge on any atom is -0.355 e. The molecule has 0 radical (unpaired) electrons. The van der Waals surface area contributed by atoms with Crippen molar-refractivity contribution < 1.29 is 0 Å². The van der Waals surface area contributed by atoms with Crippen LogP contribution in [-0.2, 0) is 6.54 Å². The van der Waals surface area contributed by atoms with Gasteiger partial charge < -0.3 is 10.2 Å². The van der Waals surface area contributed by atoms with Gasteiger partial charge in [-0.3, -0.25) is 0 Å². The SMILES string of the molecule is CCNCc1cc2ccccc2c(N(C)C2CCSC2)n1. The molecule has 4 heteroatoms. The van der Waals surface area contributed by atoms with Crippen LogP contribution in [0.25, 0.3) is 10.8 Å². The number of aromatic nitrogens is 1. The summed E-state index contributed by atoms with van der Waals surface area (Å²) in [6.07, 6.45) is 1.26. The van der Waals surface area contributed by atoms with Gasteiger partial charge >= 0.3 is 0 Å². The zero-order valence-corrected chi connectivity index (χ0v) is 13.6. The van der Waals surface area contributed by atoms with Crippen molar-refractivity contribution in [2.75, 3.05) is 30.0 Å². The Labute approximate surface area is 131 Å². The summed E-state index contributed by atoms with van der Waals surface area (Å²) in [6.45, 7) is 3.93. The van der Waals surface area contributed by atoms with E-state index < -0.39 is 0 Å². The van der Waals surface area contributed by atoms with Crippen LogP contribution in [0.15, 0.2) is 30.3 Å². The lowest BCUT2D eigenvalue weighted by Gasteiger charge is -2.26. The van der Waals surface area contributed by atoms with E-state index in [2.05, 4.69) is 54.5 Å². The van der Waals surface area contributed by atoms with Crippen molar-refractivity contribution in [3.63, 3.8) is 0 Å². The third kappa shape index (κ3) is 3.16. The number of hydrogen-bond acceptors (Lipinski definition) is 4. The Hall–Kier alpha value is -1.26. The molecule has 3 nitrogen and oxygen atoms in total. The molecular weight excluding hydrogens is 278 g/mol. The van der Waals surface area contributed by atoms with Crippen molar-refractivity contribution >= 4 is 28.4 Å². The number of pyridine rings is 1. The highest BCUT2D eigenvalue weighted by atomic mass is 32.2. The molecule has 0 aliphatic carbocycles. The zero-order chi connectivity index (χ0) is 14.7. The van der Waals surface area contributed by atoms with Crippen molar-refractivity contribution in [1.82, 2.24) is 10.3 Å². The Balaban J connectivity index is 2.01. The van der Waals surface area contributed by atoms with Gasteiger partial charge in [-0.2, -0.15) is 11.8 Å². The summed E-state index contributed by atoms with van der Waals surface area (Å²) in [5, 5.41) is 5.93. The van der Waals surface area contributed by atoms with Crippen LogP contribution in [0.5, 0.6) is 0 Å². The number of hydrogen-bond donors (Lipinski definition) is 1. The van der Waals surface area contributed by atoms with E-state index in [1.807, 2.05) is 11.8 Å². The van der Waals surface area contributed by atoms with Crippen LogP contribution in [0, 0.1) is 0 Å². The maximum atomic E-state index is 4.94. The minimum absolute atomic E-state index is 0.611. The quantitative estimate of drug-likeness (QED) is 0.917. The normalized spacial score (nSPS) is 18.3. The van der Waals surface area contributed by atoms with E-state index in [0.29, 0.717) is 6.04 Å². The lowest BCUT2D eigenvalue weighted by Crippen LogP contribution is -2.32. The number of anilines is 1. The number of thioether (sulfide) groups is 1. The lowest BCUT2D eigenvalue weighted by atomic mass is 10.1. The van der Waals surface area contributed by atoms with Crippen molar-refractivity contribution in [2.45, 2.75) is 25.9 Å². The first-order chi connectivity index (χ1) is 10.3. The van der Waals surface area contributed by atoms with E-state index in [-0.39, 0.29) is 0 Å². The van der Waals surface area contributed by atoms with Crippen LogP contribution >= 0.6 is 11.8 Å². The van der Waals surface area contributed by atoms with Crippen LogP contribution < -0.4 is 10.2 Å². The Bertz CT molecular complexity index is 608. The van der Waals surface area contributed by atoms with Crippen molar-refractivity contribution in [2.24, 2.45) is 0 Å². The largest absolute Gasteiger partial charge is 0.355 e. The van der Waals surface area contributed by atoms with Crippen molar-refractivity contribution in [3.05, 3.63) is 36.0 Å². The van der Waals surface area contributed by atoms with E-state index >= 15 is 0 Å². The molecule has 1 saturated heterocycles. The summed E-state index contributed by atoms with van der Waals surface area (Å²) < 4.78 is 0. The monoisotopic (exact) mass is 301 g/mol. The molecule has 1 atom stereocenters. The molecule has 1 unspecified atom stereocenters. The second-order valence-electron chi connectivity index (χ2n) is 5.57. The smallest absolute Gasteiger partial charge is 0.136 e. The number of nitrogens with one attached hydrogen (secondary N) is 1.